The number of para-hydroxylation sites is 1. The third-order valence-electron chi connectivity index (χ3n) is 2.66. The molecular weight excluding hydrogens is 242 g/mol. The number of carbonyl (C=O) groups excluding carboxylic acids is 1. The van der Waals surface area contributed by atoms with Crippen LogP contribution in [0.4, 0.5) is 0 Å². The molecule has 0 heterocycles. The lowest BCUT2D eigenvalue weighted by Crippen LogP contribution is -2.53. The quantitative estimate of drug-likeness (QED) is 0.842. The van der Waals surface area contributed by atoms with Gasteiger partial charge >= 0.3 is 0 Å². The second-order valence-corrected chi connectivity index (χ2v) is 4.12. The molecule has 1 aliphatic carbocycles. The maximum absolute atomic E-state index is 11.5. The molecular formula is C15H16NO3. The molecule has 0 aromatic heterocycles. The topological polar surface area (TPSA) is 47.6 Å². The molecule has 0 aliphatic heterocycles. The van der Waals surface area contributed by atoms with Crippen LogP contribution in [-0.4, -0.2) is 18.7 Å². The lowest BCUT2D eigenvalue weighted by molar-refractivity contribution is -0.123. The van der Waals surface area contributed by atoms with Crippen molar-refractivity contribution in [3.63, 3.8) is 0 Å². The zero-order valence-electron chi connectivity index (χ0n) is 10.9. The predicted octanol–water partition coefficient (Wildman–Crippen LogP) is 2.20. The number of benzene rings is 1. The highest BCUT2D eigenvalue weighted by atomic mass is 16.6. The Kier molecular flexibility index (Phi) is 3.90. The number of amides is 1. The SMILES string of the molecule is COC1=C[CH]C=CC1(NC(C)=O)Oc1ccccc1. The van der Waals surface area contributed by atoms with Crippen molar-refractivity contribution in [2.75, 3.05) is 7.11 Å². The van der Waals surface area contributed by atoms with Crippen molar-refractivity contribution in [2.45, 2.75) is 12.6 Å². The fourth-order valence-corrected chi connectivity index (χ4v) is 1.91. The summed E-state index contributed by atoms with van der Waals surface area (Å²) in [5.41, 5.74) is -1.10. The first-order chi connectivity index (χ1) is 9.16. The van der Waals surface area contributed by atoms with Gasteiger partial charge in [-0.2, -0.15) is 0 Å². The number of allylic oxidation sites excluding steroid dienone is 2. The number of hydrogen-bond acceptors (Lipinski definition) is 3. The Morgan fingerprint density at radius 3 is 2.63 bits per heavy atom. The molecule has 0 saturated heterocycles. The summed E-state index contributed by atoms with van der Waals surface area (Å²) in [6.45, 7) is 1.44. The number of nitrogens with one attached hydrogen (secondary N) is 1. The minimum atomic E-state index is -1.10. The smallest absolute Gasteiger partial charge is 0.260 e. The zero-order valence-corrected chi connectivity index (χ0v) is 10.9. The van der Waals surface area contributed by atoms with Crippen molar-refractivity contribution in [1.82, 2.24) is 5.32 Å². The summed E-state index contributed by atoms with van der Waals surface area (Å²) in [4.78, 5) is 11.5. The highest BCUT2D eigenvalue weighted by Gasteiger charge is 2.38. The molecule has 4 nitrogen and oxygen atoms in total. The van der Waals surface area contributed by atoms with Crippen LogP contribution in [0.2, 0.25) is 0 Å². The minimum Gasteiger partial charge on any atom is -0.495 e. The normalized spacial score (nSPS) is 21.5. The lowest BCUT2D eigenvalue weighted by Gasteiger charge is -2.34. The van der Waals surface area contributed by atoms with Crippen LogP contribution in [0.5, 0.6) is 5.75 Å². The number of methoxy groups -OCH3 is 1. The number of hydrogen-bond donors (Lipinski definition) is 1. The zero-order chi connectivity index (χ0) is 13.7. The Morgan fingerprint density at radius 2 is 2.00 bits per heavy atom. The first-order valence-corrected chi connectivity index (χ1v) is 5.96. The van der Waals surface area contributed by atoms with E-state index < -0.39 is 5.72 Å². The summed E-state index contributed by atoms with van der Waals surface area (Å²) >= 11 is 0. The summed E-state index contributed by atoms with van der Waals surface area (Å²) in [6, 6.07) is 9.28. The Bertz CT molecular complexity index is 507. The monoisotopic (exact) mass is 258 g/mol. The Labute approximate surface area is 112 Å². The van der Waals surface area contributed by atoms with Crippen molar-refractivity contribution in [3.8, 4) is 5.75 Å². The van der Waals surface area contributed by atoms with E-state index in [1.165, 1.54) is 6.92 Å². The van der Waals surface area contributed by atoms with Crippen LogP contribution in [0, 0.1) is 6.42 Å². The van der Waals surface area contributed by atoms with Gasteiger partial charge in [-0.3, -0.25) is 4.79 Å². The maximum atomic E-state index is 11.5. The first kappa shape index (κ1) is 13.2. The van der Waals surface area contributed by atoms with E-state index >= 15 is 0 Å². The van der Waals surface area contributed by atoms with Crippen molar-refractivity contribution in [3.05, 3.63) is 60.7 Å². The van der Waals surface area contributed by atoms with Crippen LogP contribution in [0.1, 0.15) is 6.92 Å². The third-order valence-corrected chi connectivity index (χ3v) is 2.66. The minimum absolute atomic E-state index is 0.203. The van der Waals surface area contributed by atoms with Gasteiger partial charge in [0.25, 0.3) is 5.72 Å². The second kappa shape index (κ2) is 5.61. The molecule has 4 heteroatoms. The number of ether oxygens (including phenoxy) is 2. The molecule has 1 amide bonds. The summed E-state index contributed by atoms with van der Waals surface area (Å²) in [5.74, 6) is 0.963. The summed E-state index contributed by atoms with van der Waals surface area (Å²) < 4.78 is 11.2. The molecule has 0 saturated carbocycles. The number of rotatable bonds is 4. The summed E-state index contributed by atoms with van der Waals surface area (Å²) in [6.07, 6.45) is 7.15. The van der Waals surface area contributed by atoms with Crippen LogP contribution in [0.3, 0.4) is 0 Å². The molecule has 2 rings (SSSR count). The average molecular weight is 258 g/mol. The van der Waals surface area contributed by atoms with Crippen molar-refractivity contribution in [2.24, 2.45) is 0 Å². The van der Waals surface area contributed by atoms with E-state index in [1.807, 2.05) is 36.8 Å². The molecule has 1 unspecified atom stereocenters. The molecule has 1 radical (unpaired) electrons. The van der Waals surface area contributed by atoms with Crippen LogP contribution in [-0.2, 0) is 9.53 Å². The summed E-state index contributed by atoms with van der Waals surface area (Å²) in [5, 5.41) is 2.78. The van der Waals surface area contributed by atoms with Crippen LogP contribution >= 0.6 is 0 Å². The van der Waals surface area contributed by atoms with Gasteiger partial charge in [-0.05, 0) is 24.3 Å². The highest BCUT2D eigenvalue weighted by Crippen LogP contribution is 2.28. The number of carbonyl (C=O) groups is 1. The predicted molar refractivity (Wildman–Crippen MR) is 72.1 cm³/mol. The summed E-state index contributed by atoms with van der Waals surface area (Å²) in [7, 11) is 1.55. The van der Waals surface area contributed by atoms with Crippen molar-refractivity contribution >= 4 is 5.91 Å². The second-order valence-electron chi connectivity index (χ2n) is 4.12. The Morgan fingerprint density at radius 1 is 1.26 bits per heavy atom. The van der Waals surface area contributed by atoms with Gasteiger partial charge in [0.2, 0.25) is 5.91 Å². The largest absolute Gasteiger partial charge is 0.495 e. The van der Waals surface area contributed by atoms with Gasteiger partial charge < -0.3 is 14.8 Å². The van der Waals surface area contributed by atoms with Crippen LogP contribution < -0.4 is 10.1 Å². The van der Waals surface area contributed by atoms with Gasteiger partial charge in [0.05, 0.1) is 7.11 Å². The molecule has 1 aliphatic rings. The van der Waals surface area contributed by atoms with Gasteiger partial charge in [-0.1, -0.05) is 24.3 Å². The van der Waals surface area contributed by atoms with E-state index in [-0.39, 0.29) is 5.91 Å². The van der Waals surface area contributed by atoms with E-state index in [1.54, 1.807) is 25.3 Å². The lowest BCUT2D eigenvalue weighted by atomic mass is 10.0. The van der Waals surface area contributed by atoms with E-state index in [0.717, 1.165) is 0 Å². The van der Waals surface area contributed by atoms with Gasteiger partial charge in [0.1, 0.15) is 5.75 Å². The average Bonchev–Trinajstić information content (AvgIpc) is 2.39. The molecule has 0 spiro atoms. The maximum Gasteiger partial charge on any atom is 0.260 e. The van der Waals surface area contributed by atoms with Crippen molar-refractivity contribution in [1.29, 1.82) is 0 Å². The molecule has 0 fully saturated rings. The van der Waals surface area contributed by atoms with Gasteiger partial charge in [0.15, 0.2) is 5.76 Å². The standard InChI is InChI=1S/C15H16NO3/c1-12(17)16-15(11-7-6-10-14(15)18-2)19-13-8-4-3-5-9-13/h3-11H,1-2H3,(H,16,17). The molecule has 0 bridgehead atoms. The molecule has 99 valence electrons. The van der Waals surface area contributed by atoms with E-state index in [4.69, 9.17) is 9.47 Å². The van der Waals surface area contributed by atoms with Gasteiger partial charge in [-0.25, -0.2) is 0 Å². The van der Waals surface area contributed by atoms with Crippen molar-refractivity contribution < 1.29 is 14.3 Å². The molecule has 1 N–H and O–H groups in total. The Balaban J connectivity index is 2.34. The molecule has 1 aromatic carbocycles. The molecule has 1 atom stereocenters. The van der Waals surface area contributed by atoms with E-state index in [0.29, 0.717) is 11.5 Å². The Hall–Kier alpha value is -2.23. The third kappa shape index (κ3) is 2.96. The molecule has 19 heavy (non-hydrogen) atoms. The van der Waals surface area contributed by atoms with E-state index in [2.05, 4.69) is 5.32 Å². The first-order valence-electron chi connectivity index (χ1n) is 5.96. The fraction of sp³-hybridized carbons (Fsp3) is 0.200. The van der Waals surface area contributed by atoms with E-state index in [9.17, 15) is 4.79 Å². The van der Waals surface area contributed by atoms with Gasteiger partial charge in [-0.15, -0.1) is 0 Å². The van der Waals surface area contributed by atoms with Gasteiger partial charge in [0, 0.05) is 13.3 Å². The van der Waals surface area contributed by atoms with Crippen LogP contribution in [0.15, 0.2) is 54.3 Å². The fourth-order valence-electron chi connectivity index (χ4n) is 1.91. The highest BCUT2D eigenvalue weighted by molar-refractivity contribution is 5.74. The van der Waals surface area contributed by atoms with Crippen LogP contribution in [0.25, 0.3) is 0 Å². The molecule has 1 aromatic rings.